The molecule has 4 aliphatic heterocycles. The maximum absolute atomic E-state index is 13.8. The van der Waals surface area contributed by atoms with Gasteiger partial charge in [0.1, 0.15) is 12.3 Å². The lowest BCUT2D eigenvalue weighted by molar-refractivity contribution is -0.156. The molecule has 4 heterocycles. The zero-order valence-corrected chi connectivity index (χ0v) is 16.7. The molecule has 0 spiro atoms. The Balaban J connectivity index is 1.58. The summed E-state index contributed by atoms with van der Waals surface area (Å²) < 4.78 is 0. The van der Waals surface area contributed by atoms with Crippen LogP contribution in [-0.2, 0) is 26.2 Å². The molecule has 0 atom stereocenters. The summed E-state index contributed by atoms with van der Waals surface area (Å²) >= 11 is 0. The third kappa shape index (κ3) is 2.11. The first-order chi connectivity index (χ1) is 14.0. The molecule has 0 aliphatic carbocycles. The van der Waals surface area contributed by atoms with E-state index in [4.69, 9.17) is 0 Å². The summed E-state index contributed by atoms with van der Waals surface area (Å²) in [5.41, 5.74) is 4.22. The van der Waals surface area contributed by atoms with Gasteiger partial charge in [-0.2, -0.15) is 0 Å². The molecule has 0 N–H and O–H groups in total. The number of carbonyl (C=O) groups excluding carboxylic acids is 2. The first-order valence-electron chi connectivity index (χ1n) is 10.2. The smallest absolute Gasteiger partial charge is 0.299 e. The Morgan fingerprint density at radius 3 is 1.17 bits per heavy atom. The molecule has 2 aromatic carbocycles. The summed E-state index contributed by atoms with van der Waals surface area (Å²) in [5.74, 6) is 0. The molecule has 2 saturated heterocycles. The number of amides is 4. The average molecular weight is 388 g/mol. The Morgan fingerprint density at radius 2 is 0.897 bits per heavy atom. The molecule has 4 aliphatic rings. The van der Waals surface area contributed by atoms with Crippen LogP contribution in [0.5, 0.6) is 0 Å². The predicted octanol–water partition coefficient (Wildman–Crippen LogP) is 3.57. The number of nitrogens with zero attached hydrogens (tertiary/aromatic N) is 4. The topological polar surface area (TPSA) is 47.1 Å². The molecule has 0 radical (unpaired) electrons. The van der Waals surface area contributed by atoms with Gasteiger partial charge < -0.3 is 0 Å². The van der Waals surface area contributed by atoms with E-state index in [0.29, 0.717) is 26.2 Å². The molecule has 0 aromatic heterocycles. The van der Waals surface area contributed by atoms with E-state index in [1.54, 1.807) is 0 Å². The summed E-state index contributed by atoms with van der Waals surface area (Å²) in [7, 11) is 0. The maximum Gasteiger partial charge on any atom is 0.323 e. The maximum atomic E-state index is 13.8. The van der Waals surface area contributed by atoms with Gasteiger partial charge in [-0.05, 0) is 22.3 Å². The fourth-order valence-corrected chi connectivity index (χ4v) is 5.91. The number of fused-ring (bicyclic) bond motifs is 2. The van der Waals surface area contributed by atoms with Crippen molar-refractivity contribution in [3.63, 3.8) is 0 Å². The molecule has 6 heteroatoms. The second-order valence-corrected chi connectivity index (χ2v) is 9.18. The van der Waals surface area contributed by atoms with Crippen molar-refractivity contribution >= 4 is 12.1 Å². The van der Waals surface area contributed by atoms with E-state index in [1.807, 2.05) is 43.9 Å². The molecule has 4 amide bonds. The Kier molecular flexibility index (Phi) is 3.22. The summed E-state index contributed by atoms with van der Waals surface area (Å²) in [4.78, 5) is 35.2. The van der Waals surface area contributed by atoms with Crippen molar-refractivity contribution in [1.29, 1.82) is 0 Å². The second kappa shape index (κ2) is 5.53. The highest BCUT2D eigenvalue weighted by Crippen LogP contribution is 2.49. The van der Waals surface area contributed by atoms with Crippen molar-refractivity contribution in [2.45, 2.75) is 52.4 Å². The van der Waals surface area contributed by atoms with Gasteiger partial charge in [-0.1, -0.05) is 62.4 Å². The first-order valence-corrected chi connectivity index (χ1v) is 10.2. The molecule has 6 rings (SSSR count). The lowest BCUT2D eigenvalue weighted by Gasteiger charge is -2.63. The number of hydrogen-bond donors (Lipinski definition) is 0. The monoisotopic (exact) mass is 388 g/mol. The Bertz CT molecular complexity index is 897. The van der Waals surface area contributed by atoms with Crippen LogP contribution in [0.2, 0.25) is 0 Å². The third-order valence-electron chi connectivity index (χ3n) is 7.09. The van der Waals surface area contributed by atoms with Gasteiger partial charge in [-0.15, -0.1) is 0 Å². The summed E-state index contributed by atoms with van der Waals surface area (Å²) in [5, 5.41) is 0. The van der Waals surface area contributed by atoms with Gasteiger partial charge in [0.15, 0.2) is 0 Å². The van der Waals surface area contributed by atoms with E-state index in [-0.39, 0.29) is 29.8 Å². The number of urea groups is 2. The SMILES string of the molecule is CC1(C)C2N3Cc4ccccc4CN2C(=O)N2Cc4ccccc4CN(C3=O)C21. The fraction of sp³-hybridized carbons (Fsp3) is 0.391. The molecule has 2 aromatic rings. The predicted molar refractivity (Wildman–Crippen MR) is 107 cm³/mol. The van der Waals surface area contributed by atoms with E-state index in [1.165, 1.54) is 0 Å². The number of hydrogen-bond acceptors (Lipinski definition) is 2. The van der Waals surface area contributed by atoms with Crippen molar-refractivity contribution in [3.05, 3.63) is 70.8 Å². The molecular formula is C23H24N4O2. The molecule has 2 bridgehead atoms. The quantitative estimate of drug-likeness (QED) is 0.693. The standard InChI is InChI=1S/C23H24N4O2/c1-23(2)19-24-11-15-7-3-4-8-16(15)12-25(19)22(29)27-14-18-10-6-5-9-17(18)13-26(20(23)27)21(24)28/h3-10,19-20H,11-14H2,1-2H3. The van der Waals surface area contributed by atoms with Crippen molar-refractivity contribution in [2.24, 2.45) is 5.41 Å². The van der Waals surface area contributed by atoms with Gasteiger partial charge in [-0.25, -0.2) is 9.59 Å². The summed E-state index contributed by atoms with van der Waals surface area (Å²) in [6.07, 6.45) is -0.484. The Labute approximate surface area is 170 Å². The molecule has 2 fully saturated rings. The average Bonchev–Trinajstić information content (AvgIpc) is 3.00. The van der Waals surface area contributed by atoms with Crippen LogP contribution < -0.4 is 0 Å². The van der Waals surface area contributed by atoms with E-state index < -0.39 is 0 Å². The second-order valence-electron chi connectivity index (χ2n) is 9.18. The molecule has 0 unspecified atom stereocenters. The van der Waals surface area contributed by atoms with Gasteiger partial charge in [0.25, 0.3) is 0 Å². The fourth-order valence-electron chi connectivity index (χ4n) is 5.91. The van der Waals surface area contributed by atoms with Gasteiger partial charge in [0, 0.05) is 31.6 Å². The first kappa shape index (κ1) is 16.9. The minimum Gasteiger partial charge on any atom is -0.299 e. The molecule has 0 saturated carbocycles. The zero-order valence-electron chi connectivity index (χ0n) is 16.7. The van der Waals surface area contributed by atoms with Gasteiger partial charge in [0.05, 0.1) is 0 Å². The number of carbonyl (C=O) groups is 2. The van der Waals surface area contributed by atoms with Crippen LogP contribution in [0.15, 0.2) is 48.5 Å². The minimum absolute atomic E-state index is 0.0234. The van der Waals surface area contributed by atoms with Crippen molar-refractivity contribution in [1.82, 2.24) is 19.6 Å². The van der Waals surface area contributed by atoms with Crippen molar-refractivity contribution in [3.8, 4) is 0 Å². The minimum atomic E-state index is -0.286. The number of benzene rings is 2. The lowest BCUT2D eigenvalue weighted by Crippen LogP contribution is -2.79. The van der Waals surface area contributed by atoms with E-state index >= 15 is 0 Å². The highest BCUT2D eigenvalue weighted by atomic mass is 16.2. The Morgan fingerprint density at radius 1 is 0.621 bits per heavy atom. The van der Waals surface area contributed by atoms with E-state index in [2.05, 4.69) is 38.1 Å². The van der Waals surface area contributed by atoms with Crippen LogP contribution in [0.25, 0.3) is 0 Å². The van der Waals surface area contributed by atoms with Crippen LogP contribution in [0.1, 0.15) is 36.1 Å². The molecule has 148 valence electrons. The van der Waals surface area contributed by atoms with Crippen LogP contribution in [-0.4, -0.2) is 44.0 Å². The third-order valence-corrected chi connectivity index (χ3v) is 7.09. The van der Waals surface area contributed by atoms with Gasteiger partial charge in [0.2, 0.25) is 0 Å². The zero-order chi connectivity index (χ0) is 19.9. The summed E-state index contributed by atoms with van der Waals surface area (Å²) in [6.45, 7) is 6.56. The van der Waals surface area contributed by atoms with Crippen LogP contribution in [0.3, 0.4) is 0 Å². The Hall–Kier alpha value is -3.02. The van der Waals surface area contributed by atoms with Crippen molar-refractivity contribution < 1.29 is 9.59 Å². The summed E-state index contributed by atoms with van der Waals surface area (Å²) in [6, 6.07) is 16.4. The van der Waals surface area contributed by atoms with Crippen LogP contribution in [0, 0.1) is 5.41 Å². The lowest BCUT2D eigenvalue weighted by atomic mass is 9.78. The molecule has 6 nitrogen and oxygen atoms in total. The largest absolute Gasteiger partial charge is 0.323 e. The normalized spacial score (nSPS) is 22.8. The highest BCUT2D eigenvalue weighted by Gasteiger charge is 2.63. The van der Waals surface area contributed by atoms with E-state index in [0.717, 1.165) is 22.3 Å². The molecular weight excluding hydrogens is 364 g/mol. The van der Waals surface area contributed by atoms with Gasteiger partial charge in [-0.3, -0.25) is 19.6 Å². The van der Waals surface area contributed by atoms with Crippen molar-refractivity contribution in [2.75, 3.05) is 0 Å². The highest BCUT2D eigenvalue weighted by molar-refractivity contribution is 5.84. The van der Waals surface area contributed by atoms with E-state index in [9.17, 15) is 9.59 Å². The van der Waals surface area contributed by atoms with Crippen LogP contribution >= 0.6 is 0 Å². The van der Waals surface area contributed by atoms with Gasteiger partial charge >= 0.3 is 12.1 Å². The van der Waals surface area contributed by atoms with Crippen LogP contribution in [0.4, 0.5) is 9.59 Å². The number of rotatable bonds is 0. The molecule has 29 heavy (non-hydrogen) atoms.